The summed E-state index contributed by atoms with van der Waals surface area (Å²) in [5.74, 6) is -4.42. The molecule has 1 saturated heterocycles. The van der Waals surface area contributed by atoms with Crippen LogP contribution < -0.4 is 0 Å². The Labute approximate surface area is 189 Å². The quantitative estimate of drug-likeness (QED) is 0.476. The van der Waals surface area contributed by atoms with Crippen molar-refractivity contribution in [3.05, 3.63) is 65.6 Å². The highest BCUT2D eigenvalue weighted by atomic mass is 32.2. The van der Waals surface area contributed by atoms with Gasteiger partial charge in [0.25, 0.3) is 0 Å². The standard InChI is InChI=1S/C21H17F3N4O4S/c22-13-5-11(6-14(23)17(13)24)15-8-28(27-26-15)18-19(30)16(9-29)32-21(20(18)31)33-12-3-1-2-10(4-12)7-25/h1-6,8,16,18-21,29-31H,9H2/t16?,18?,19?,20?,21-/m1/s1. The molecule has 12 heteroatoms. The van der Waals surface area contributed by atoms with Gasteiger partial charge in [-0.2, -0.15) is 5.26 Å². The minimum absolute atomic E-state index is 0.0230. The molecule has 33 heavy (non-hydrogen) atoms. The third kappa shape index (κ3) is 4.59. The maximum Gasteiger partial charge on any atom is 0.194 e. The summed E-state index contributed by atoms with van der Waals surface area (Å²) in [6.45, 7) is -0.560. The fourth-order valence-electron chi connectivity index (χ4n) is 3.51. The number of hydrogen-bond acceptors (Lipinski definition) is 8. The van der Waals surface area contributed by atoms with Crippen molar-refractivity contribution in [1.82, 2.24) is 15.0 Å². The molecule has 0 spiro atoms. The normalized spacial score (nSPS) is 25.1. The Morgan fingerprint density at radius 2 is 1.85 bits per heavy atom. The van der Waals surface area contributed by atoms with E-state index in [-0.39, 0.29) is 11.3 Å². The molecule has 1 aromatic heterocycles. The van der Waals surface area contributed by atoms with Crippen molar-refractivity contribution in [1.29, 1.82) is 5.26 Å². The van der Waals surface area contributed by atoms with Gasteiger partial charge in [-0.3, -0.25) is 0 Å². The van der Waals surface area contributed by atoms with Crippen LogP contribution in [-0.4, -0.2) is 60.7 Å². The van der Waals surface area contributed by atoms with Gasteiger partial charge in [0, 0.05) is 10.5 Å². The minimum Gasteiger partial charge on any atom is -0.394 e. The lowest BCUT2D eigenvalue weighted by Crippen LogP contribution is -2.55. The summed E-state index contributed by atoms with van der Waals surface area (Å²) in [6, 6.07) is 8.96. The second-order valence-electron chi connectivity index (χ2n) is 7.29. The van der Waals surface area contributed by atoms with Gasteiger partial charge in [-0.1, -0.05) is 23.0 Å². The zero-order valence-electron chi connectivity index (χ0n) is 16.7. The molecular formula is C21H17F3N4O4S. The van der Waals surface area contributed by atoms with Gasteiger partial charge in [0.1, 0.15) is 35.5 Å². The largest absolute Gasteiger partial charge is 0.394 e. The van der Waals surface area contributed by atoms with E-state index in [1.807, 2.05) is 6.07 Å². The zero-order chi connectivity index (χ0) is 23.7. The van der Waals surface area contributed by atoms with Crippen molar-refractivity contribution in [2.24, 2.45) is 0 Å². The van der Waals surface area contributed by atoms with Crippen LogP contribution in [0.2, 0.25) is 0 Å². The molecule has 2 aromatic carbocycles. The topological polar surface area (TPSA) is 124 Å². The number of aliphatic hydroxyl groups excluding tert-OH is 3. The molecule has 8 nitrogen and oxygen atoms in total. The third-order valence-corrected chi connectivity index (χ3v) is 6.31. The first-order chi connectivity index (χ1) is 15.8. The van der Waals surface area contributed by atoms with Gasteiger partial charge in [-0.25, -0.2) is 17.9 Å². The molecule has 1 aliphatic rings. The SMILES string of the molecule is N#Cc1cccc(S[C@H]2OC(CO)C(O)C(n3cc(-c4cc(F)c(F)c(F)c4)nn3)C2O)c1. The molecule has 1 aliphatic heterocycles. The van der Waals surface area contributed by atoms with Crippen molar-refractivity contribution in [2.75, 3.05) is 6.61 Å². The van der Waals surface area contributed by atoms with Crippen LogP contribution in [0.15, 0.2) is 47.5 Å². The Hall–Kier alpha value is -2.95. The van der Waals surface area contributed by atoms with E-state index in [0.29, 0.717) is 10.5 Å². The molecule has 1 fully saturated rings. The summed E-state index contributed by atoms with van der Waals surface area (Å²) in [4.78, 5) is 0.612. The van der Waals surface area contributed by atoms with Crippen molar-refractivity contribution in [2.45, 2.75) is 34.7 Å². The highest BCUT2D eigenvalue weighted by Crippen LogP contribution is 2.38. The zero-order valence-corrected chi connectivity index (χ0v) is 17.5. The molecule has 0 bridgehead atoms. The Balaban J connectivity index is 1.64. The molecule has 0 radical (unpaired) electrons. The fourth-order valence-corrected chi connectivity index (χ4v) is 4.63. The predicted octanol–water partition coefficient (Wildman–Crippen LogP) is 2.01. The number of aromatic nitrogens is 3. The number of benzene rings is 2. The number of rotatable bonds is 5. The molecule has 4 unspecified atom stereocenters. The van der Waals surface area contributed by atoms with E-state index in [0.717, 1.165) is 28.6 Å². The Bertz CT molecular complexity index is 1180. The van der Waals surface area contributed by atoms with Gasteiger partial charge in [0.15, 0.2) is 17.5 Å². The molecule has 5 atom stereocenters. The van der Waals surface area contributed by atoms with Crippen LogP contribution in [0.25, 0.3) is 11.3 Å². The van der Waals surface area contributed by atoms with Gasteiger partial charge in [-0.05, 0) is 30.3 Å². The van der Waals surface area contributed by atoms with Crippen LogP contribution in [-0.2, 0) is 4.74 Å². The van der Waals surface area contributed by atoms with Crippen LogP contribution in [0.1, 0.15) is 11.6 Å². The molecule has 3 aromatic rings. The number of thioether (sulfide) groups is 1. The van der Waals surface area contributed by atoms with E-state index in [1.54, 1.807) is 24.3 Å². The summed E-state index contributed by atoms with van der Waals surface area (Å²) >= 11 is 1.08. The fraction of sp³-hybridized carbons (Fsp3) is 0.286. The molecular weight excluding hydrogens is 461 g/mol. The molecule has 3 N–H and O–H groups in total. The summed E-state index contributed by atoms with van der Waals surface area (Å²) in [5.41, 5.74) is -0.671. The molecule has 0 saturated carbocycles. The van der Waals surface area contributed by atoms with E-state index in [2.05, 4.69) is 10.3 Å². The predicted molar refractivity (Wildman–Crippen MR) is 109 cm³/mol. The van der Waals surface area contributed by atoms with Crippen LogP contribution in [0.5, 0.6) is 0 Å². The lowest BCUT2D eigenvalue weighted by atomic mass is 9.97. The number of nitriles is 1. The van der Waals surface area contributed by atoms with Crippen LogP contribution in [0.3, 0.4) is 0 Å². The molecule has 2 heterocycles. The van der Waals surface area contributed by atoms with Gasteiger partial charge >= 0.3 is 0 Å². The number of halogens is 3. The summed E-state index contributed by atoms with van der Waals surface area (Å²) in [6.07, 6.45) is -2.59. The number of nitrogens with zero attached hydrogens (tertiary/aromatic N) is 4. The monoisotopic (exact) mass is 478 g/mol. The van der Waals surface area contributed by atoms with E-state index in [9.17, 15) is 28.5 Å². The first-order valence-corrected chi connectivity index (χ1v) is 10.6. The summed E-state index contributed by atoms with van der Waals surface area (Å²) < 4.78 is 47.2. The number of ether oxygens (including phenoxy) is 1. The number of hydrogen-bond donors (Lipinski definition) is 3. The van der Waals surface area contributed by atoms with Crippen LogP contribution in [0.4, 0.5) is 13.2 Å². The van der Waals surface area contributed by atoms with Crippen molar-refractivity contribution in [3.63, 3.8) is 0 Å². The highest BCUT2D eigenvalue weighted by Gasteiger charge is 2.46. The maximum atomic E-state index is 13.6. The van der Waals surface area contributed by atoms with Gasteiger partial charge < -0.3 is 20.1 Å². The second-order valence-corrected chi connectivity index (χ2v) is 8.46. The van der Waals surface area contributed by atoms with Gasteiger partial charge in [0.05, 0.1) is 24.4 Å². The highest BCUT2D eigenvalue weighted by molar-refractivity contribution is 7.99. The smallest absolute Gasteiger partial charge is 0.194 e. The Morgan fingerprint density at radius 1 is 1.12 bits per heavy atom. The van der Waals surface area contributed by atoms with Crippen molar-refractivity contribution < 1.29 is 33.2 Å². The van der Waals surface area contributed by atoms with E-state index >= 15 is 0 Å². The van der Waals surface area contributed by atoms with E-state index < -0.39 is 53.8 Å². The molecule has 0 amide bonds. The average Bonchev–Trinajstić information content (AvgIpc) is 3.29. The molecule has 172 valence electrons. The third-order valence-electron chi connectivity index (χ3n) is 5.16. The summed E-state index contributed by atoms with van der Waals surface area (Å²) in [7, 11) is 0. The van der Waals surface area contributed by atoms with Crippen LogP contribution >= 0.6 is 11.8 Å². The molecule has 4 rings (SSSR count). The van der Waals surface area contributed by atoms with Crippen molar-refractivity contribution >= 4 is 11.8 Å². The second kappa shape index (κ2) is 9.50. The van der Waals surface area contributed by atoms with E-state index in [4.69, 9.17) is 10.00 Å². The van der Waals surface area contributed by atoms with Crippen molar-refractivity contribution in [3.8, 4) is 17.3 Å². The maximum absolute atomic E-state index is 13.6. The first kappa shape index (κ1) is 23.2. The molecule has 0 aliphatic carbocycles. The van der Waals surface area contributed by atoms with Gasteiger partial charge in [-0.15, -0.1) is 5.10 Å². The van der Waals surface area contributed by atoms with E-state index in [1.165, 1.54) is 6.20 Å². The lowest BCUT2D eigenvalue weighted by Gasteiger charge is -2.41. The lowest BCUT2D eigenvalue weighted by molar-refractivity contribution is -0.178. The van der Waals surface area contributed by atoms with Gasteiger partial charge in [0.2, 0.25) is 0 Å². The number of aliphatic hydroxyl groups is 3. The summed E-state index contributed by atoms with van der Waals surface area (Å²) in [5, 5.41) is 48.0. The minimum atomic E-state index is -1.62. The van der Waals surface area contributed by atoms with Crippen LogP contribution in [0, 0.1) is 28.8 Å². The Kier molecular flexibility index (Phi) is 6.68. The first-order valence-electron chi connectivity index (χ1n) is 9.68. The average molecular weight is 478 g/mol. The Morgan fingerprint density at radius 3 is 2.52 bits per heavy atom.